The average molecular weight is 282 g/mol. The minimum absolute atomic E-state index is 0.0101. The second-order valence-corrected chi connectivity index (χ2v) is 5.51. The van der Waals surface area contributed by atoms with Gasteiger partial charge in [-0.25, -0.2) is 0 Å². The fraction of sp³-hybridized carbons (Fsp3) is 0.571. The van der Waals surface area contributed by atoms with Crippen LogP contribution in [0.4, 0.5) is 0 Å². The van der Waals surface area contributed by atoms with Gasteiger partial charge in [0.1, 0.15) is 0 Å². The SMILES string of the molecule is CCC1CN(C(=O)c2cnc(C)cc2Cl)CCN1C. The van der Waals surface area contributed by atoms with Crippen molar-refractivity contribution in [3.8, 4) is 0 Å². The molecule has 0 aliphatic carbocycles. The minimum atomic E-state index is -0.0101. The van der Waals surface area contributed by atoms with Gasteiger partial charge in [0.05, 0.1) is 10.6 Å². The summed E-state index contributed by atoms with van der Waals surface area (Å²) in [4.78, 5) is 20.8. The lowest BCUT2D eigenvalue weighted by Gasteiger charge is -2.39. The van der Waals surface area contributed by atoms with Crippen LogP contribution in [0.15, 0.2) is 12.3 Å². The molecule has 4 nitrogen and oxygen atoms in total. The number of likely N-dealkylation sites (N-methyl/N-ethyl adjacent to an activating group) is 1. The summed E-state index contributed by atoms with van der Waals surface area (Å²) < 4.78 is 0. The van der Waals surface area contributed by atoms with E-state index in [0.717, 1.165) is 31.7 Å². The molecule has 0 aromatic carbocycles. The molecule has 1 fully saturated rings. The number of hydrogen-bond acceptors (Lipinski definition) is 3. The Kier molecular flexibility index (Phi) is 4.42. The van der Waals surface area contributed by atoms with Crippen LogP contribution in [0.5, 0.6) is 0 Å². The maximum atomic E-state index is 12.5. The lowest BCUT2D eigenvalue weighted by atomic mass is 10.1. The third-order valence-corrected chi connectivity index (χ3v) is 4.07. The molecule has 0 saturated carbocycles. The maximum Gasteiger partial charge on any atom is 0.257 e. The van der Waals surface area contributed by atoms with Crippen molar-refractivity contribution in [2.45, 2.75) is 26.3 Å². The Hall–Kier alpha value is -1.13. The number of aryl methyl sites for hydroxylation is 1. The van der Waals surface area contributed by atoms with Crippen LogP contribution < -0.4 is 0 Å². The van der Waals surface area contributed by atoms with E-state index in [4.69, 9.17) is 11.6 Å². The topological polar surface area (TPSA) is 36.4 Å². The summed E-state index contributed by atoms with van der Waals surface area (Å²) in [6.07, 6.45) is 2.62. The van der Waals surface area contributed by atoms with Crippen molar-refractivity contribution in [2.75, 3.05) is 26.7 Å². The van der Waals surface area contributed by atoms with Crippen molar-refractivity contribution in [2.24, 2.45) is 0 Å². The van der Waals surface area contributed by atoms with Crippen molar-refractivity contribution >= 4 is 17.5 Å². The molecule has 2 heterocycles. The van der Waals surface area contributed by atoms with Crippen LogP contribution in [0.3, 0.4) is 0 Å². The van der Waals surface area contributed by atoms with E-state index < -0.39 is 0 Å². The van der Waals surface area contributed by atoms with E-state index in [-0.39, 0.29) is 5.91 Å². The number of rotatable bonds is 2. The zero-order valence-electron chi connectivity index (χ0n) is 11.7. The van der Waals surface area contributed by atoms with Gasteiger partial charge in [0.15, 0.2) is 0 Å². The third-order valence-electron chi connectivity index (χ3n) is 3.76. The molecule has 5 heteroatoms. The standard InChI is InChI=1S/C14H20ClN3O/c1-4-11-9-18(6-5-17(11)3)14(19)12-8-16-10(2)7-13(12)15/h7-8,11H,4-6,9H2,1-3H3. The van der Waals surface area contributed by atoms with E-state index in [1.54, 1.807) is 12.3 Å². The highest BCUT2D eigenvalue weighted by Crippen LogP contribution is 2.20. The van der Waals surface area contributed by atoms with Gasteiger partial charge >= 0.3 is 0 Å². The average Bonchev–Trinajstić information content (AvgIpc) is 2.38. The molecule has 1 unspecified atom stereocenters. The van der Waals surface area contributed by atoms with E-state index in [0.29, 0.717) is 16.6 Å². The van der Waals surface area contributed by atoms with Crippen LogP contribution >= 0.6 is 11.6 Å². The summed E-state index contributed by atoms with van der Waals surface area (Å²) in [7, 11) is 2.11. The third kappa shape index (κ3) is 3.07. The zero-order chi connectivity index (χ0) is 14.0. The van der Waals surface area contributed by atoms with Gasteiger partial charge in [-0.1, -0.05) is 18.5 Å². The lowest BCUT2D eigenvalue weighted by Crippen LogP contribution is -2.53. The quantitative estimate of drug-likeness (QED) is 0.834. The largest absolute Gasteiger partial charge is 0.336 e. The normalized spacial score (nSPS) is 20.6. The first kappa shape index (κ1) is 14.3. The van der Waals surface area contributed by atoms with Crippen LogP contribution in [0, 0.1) is 6.92 Å². The summed E-state index contributed by atoms with van der Waals surface area (Å²) in [6, 6.07) is 2.16. The molecular formula is C14H20ClN3O. The first-order valence-corrected chi connectivity index (χ1v) is 7.02. The zero-order valence-corrected chi connectivity index (χ0v) is 12.4. The van der Waals surface area contributed by atoms with Gasteiger partial charge in [-0.15, -0.1) is 0 Å². The smallest absolute Gasteiger partial charge is 0.257 e. The highest BCUT2D eigenvalue weighted by Gasteiger charge is 2.27. The molecule has 0 radical (unpaired) electrons. The Morgan fingerprint density at radius 1 is 1.53 bits per heavy atom. The van der Waals surface area contributed by atoms with Gasteiger partial charge in [0.25, 0.3) is 5.91 Å². The Balaban J connectivity index is 2.15. The van der Waals surface area contributed by atoms with Gasteiger partial charge < -0.3 is 4.90 Å². The number of hydrogen-bond donors (Lipinski definition) is 0. The molecule has 2 rings (SSSR count). The van der Waals surface area contributed by atoms with Gasteiger partial charge in [-0.3, -0.25) is 14.7 Å². The Labute approximate surface area is 119 Å². The molecule has 1 aliphatic rings. The van der Waals surface area contributed by atoms with Crippen LogP contribution in [0.1, 0.15) is 29.4 Å². The number of aromatic nitrogens is 1. The highest BCUT2D eigenvalue weighted by molar-refractivity contribution is 6.33. The van der Waals surface area contributed by atoms with Gasteiger partial charge in [-0.05, 0) is 26.5 Å². The van der Waals surface area contributed by atoms with E-state index in [1.165, 1.54) is 0 Å². The van der Waals surface area contributed by atoms with Crippen LogP contribution in [-0.2, 0) is 0 Å². The van der Waals surface area contributed by atoms with Gasteiger partial charge in [-0.2, -0.15) is 0 Å². The van der Waals surface area contributed by atoms with E-state index in [1.807, 2.05) is 11.8 Å². The minimum Gasteiger partial charge on any atom is -0.336 e. The van der Waals surface area contributed by atoms with E-state index in [2.05, 4.69) is 23.9 Å². The maximum absolute atomic E-state index is 12.5. The predicted octanol–water partition coefficient (Wildman–Crippen LogP) is 2.21. The molecule has 0 spiro atoms. The second-order valence-electron chi connectivity index (χ2n) is 5.10. The fourth-order valence-corrected chi connectivity index (χ4v) is 2.71. The number of nitrogens with zero attached hydrogens (tertiary/aromatic N) is 3. The summed E-state index contributed by atoms with van der Waals surface area (Å²) in [5.74, 6) is -0.0101. The van der Waals surface area contributed by atoms with E-state index >= 15 is 0 Å². The van der Waals surface area contributed by atoms with Gasteiger partial charge in [0, 0.05) is 37.6 Å². The van der Waals surface area contributed by atoms with Crippen molar-refractivity contribution in [1.29, 1.82) is 0 Å². The summed E-state index contributed by atoms with van der Waals surface area (Å²) in [5.41, 5.74) is 1.33. The Morgan fingerprint density at radius 2 is 2.26 bits per heavy atom. The molecule has 0 bridgehead atoms. The predicted molar refractivity (Wildman–Crippen MR) is 76.6 cm³/mol. The molecule has 1 atom stereocenters. The molecule has 1 amide bonds. The summed E-state index contributed by atoms with van der Waals surface area (Å²) in [6.45, 7) is 6.42. The molecule has 19 heavy (non-hydrogen) atoms. The number of carbonyl (C=O) groups is 1. The van der Waals surface area contributed by atoms with Crippen LogP contribution in [0.2, 0.25) is 5.02 Å². The molecule has 104 valence electrons. The fourth-order valence-electron chi connectivity index (χ4n) is 2.43. The number of piperazine rings is 1. The number of pyridine rings is 1. The molecule has 1 aliphatic heterocycles. The van der Waals surface area contributed by atoms with Crippen molar-refractivity contribution in [3.63, 3.8) is 0 Å². The molecular weight excluding hydrogens is 262 g/mol. The van der Waals surface area contributed by atoms with E-state index in [9.17, 15) is 4.79 Å². The summed E-state index contributed by atoms with van der Waals surface area (Å²) in [5, 5.41) is 0.490. The van der Waals surface area contributed by atoms with Gasteiger partial charge in [0.2, 0.25) is 0 Å². The highest BCUT2D eigenvalue weighted by atomic mass is 35.5. The van der Waals surface area contributed by atoms with Crippen molar-refractivity contribution < 1.29 is 4.79 Å². The molecule has 1 aromatic rings. The first-order chi connectivity index (χ1) is 9.02. The second kappa shape index (κ2) is 5.88. The molecule has 0 N–H and O–H groups in total. The van der Waals surface area contributed by atoms with Crippen LogP contribution in [-0.4, -0.2) is 53.4 Å². The molecule has 1 saturated heterocycles. The lowest BCUT2D eigenvalue weighted by molar-refractivity contribution is 0.0541. The molecule has 1 aromatic heterocycles. The van der Waals surface area contributed by atoms with Crippen molar-refractivity contribution in [1.82, 2.24) is 14.8 Å². The Bertz CT molecular complexity index is 478. The monoisotopic (exact) mass is 281 g/mol. The first-order valence-electron chi connectivity index (χ1n) is 6.64. The summed E-state index contributed by atoms with van der Waals surface area (Å²) >= 11 is 6.14. The van der Waals surface area contributed by atoms with Crippen molar-refractivity contribution in [3.05, 3.63) is 28.5 Å². The number of halogens is 1. The van der Waals surface area contributed by atoms with Crippen LogP contribution in [0.25, 0.3) is 0 Å². The Morgan fingerprint density at radius 3 is 2.89 bits per heavy atom. The number of carbonyl (C=O) groups excluding carboxylic acids is 1. The number of amides is 1.